The first-order valence-electron chi connectivity index (χ1n) is 5.23. The molecule has 0 radical (unpaired) electrons. The van der Waals surface area contributed by atoms with Crippen LogP contribution in [-0.4, -0.2) is 9.97 Å². The fraction of sp³-hybridized carbons (Fsp3) is 0.333. The standard InChI is InChI=1S/C12H14N2OS/c1-7(2)12-13-10(5-11(15)14-12)9-4-8(3)16-6-9/h4-7H,1-3H3,(H,13,14,15). The molecule has 4 heteroatoms. The van der Waals surface area contributed by atoms with Crippen molar-refractivity contribution in [2.45, 2.75) is 26.7 Å². The van der Waals surface area contributed by atoms with E-state index in [2.05, 4.69) is 16.0 Å². The monoisotopic (exact) mass is 234 g/mol. The fourth-order valence-electron chi connectivity index (χ4n) is 1.48. The number of aryl methyl sites for hydroxylation is 1. The molecule has 0 spiro atoms. The minimum Gasteiger partial charge on any atom is -0.310 e. The number of H-pyrrole nitrogens is 1. The van der Waals surface area contributed by atoms with Crippen molar-refractivity contribution in [3.05, 3.63) is 38.6 Å². The molecule has 2 rings (SSSR count). The van der Waals surface area contributed by atoms with E-state index in [0.29, 0.717) is 0 Å². The van der Waals surface area contributed by atoms with E-state index in [1.807, 2.05) is 26.2 Å². The van der Waals surface area contributed by atoms with Gasteiger partial charge in [-0.15, -0.1) is 11.3 Å². The average Bonchev–Trinajstić information content (AvgIpc) is 2.64. The second kappa shape index (κ2) is 4.22. The maximum atomic E-state index is 11.5. The lowest BCUT2D eigenvalue weighted by Gasteiger charge is -2.05. The fourth-order valence-corrected chi connectivity index (χ4v) is 2.17. The number of nitrogens with one attached hydrogen (secondary N) is 1. The van der Waals surface area contributed by atoms with Gasteiger partial charge in [0.25, 0.3) is 5.56 Å². The van der Waals surface area contributed by atoms with Crippen LogP contribution in [0.5, 0.6) is 0 Å². The minimum atomic E-state index is -0.0856. The van der Waals surface area contributed by atoms with Crippen LogP contribution in [0.3, 0.4) is 0 Å². The molecule has 1 N–H and O–H groups in total. The van der Waals surface area contributed by atoms with E-state index in [9.17, 15) is 4.79 Å². The van der Waals surface area contributed by atoms with Crippen LogP contribution in [-0.2, 0) is 0 Å². The van der Waals surface area contributed by atoms with Crippen LogP contribution < -0.4 is 5.56 Å². The lowest BCUT2D eigenvalue weighted by atomic mass is 10.2. The topological polar surface area (TPSA) is 45.8 Å². The first kappa shape index (κ1) is 11.1. The summed E-state index contributed by atoms with van der Waals surface area (Å²) in [6.45, 7) is 6.08. The molecule has 0 aliphatic heterocycles. The Kier molecular flexibility index (Phi) is 2.92. The molecule has 0 saturated heterocycles. The van der Waals surface area contributed by atoms with Gasteiger partial charge in [0, 0.05) is 27.8 Å². The van der Waals surface area contributed by atoms with Gasteiger partial charge >= 0.3 is 0 Å². The quantitative estimate of drug-likeness (QED) is 0.868. The highest BCUT2D eigenvalue weighted by Gasteiger charge is 2.07. The van der Waals surface area contributed by atoms with Crippen LogP contribution in [0.25, 0.3) is 11.3 Å². The molecular formula is C12H14N2OS. The molecule has 0 aliphatic rings. The number of aromatic amines is 1. The lowest BCUT2D eigenvalue weighted by Crippen LogP contribution is -2.11. The second-order valence-corrected chi connectivity index (χ2v) is 5.23. The van der Waals surface area contributed by atoms with Gasteiger partial charge in [0.05, 0.1) is 5.69 Å². The third kappa shape index (κ3) is 2.22. The van der Waals surface area contributed by atoms with Crippen LogP contribution in [0.15, 0.2) is 22.3 Å². The SMILES string of the molecule is Cc1cc(-c2cc(=O)[nH]c(C(C)C)n2)cs1. The summed E-state index contributed by atoms with van der Waals surface area (Å²) < 4.78 is 0. The Morgan fingerprint density at radius 3 is 2.69 bits per heavy atom. The van der Waals surface area contributed by atoms with Crippen molar-refractivity contribution in [2.75, 3.05) is 0 Å². The smallest absolute Gasteiger partial charge is 0.251 e. The third-order valence-corrected chi connectivity index (χ3v) is 3.19. The zero-order valence-electron chi connectivity index (χ0n) is 9.57. The summed E-state index contributed by atoms with van der Waals surface area (Å²) in [5, 5.41) is 2.03. The van der Waals surface area contributed by atoms with Gasteiger partial charge in [-0.25, -0.2) is 4.98 Å². The summed E-state index contributed by atoms with van der Waals surface area (Å²) in [5.74, 6) is 0.971. The van der Waals surface area contributed by atoms with Crippen molar-refractivity contribution in [2.24, 2.45) is 0 Å². The number of hydrogen-bond donors (Lipinski definition) is 1. The predicted molar refractivity (Wildman–Crippen MR) is 67.0 cm³/mol. The minimum absolute atomic E-state index is 0.0856. The van der Waals surface area contributed by atoms with Crippen LogP contribution in [0.1, 0.15) is 30.5 Å². The van der Waals surface area contributed by atoms with Crippen molar-refractivity contribution in [3.8, 4) is 11.3 Å². The number of hydrogen-bond acceptors (Lipinski definition) is 3. The Morgan fingerprint density at radius 1 is 1.38 bits per heavy atom. The van der Waals surface area contributed by atoms with Crippen molar-refractivity contribution >= 4 is 11.3 Å². The van der Waals surface area contributed by atoms with E-state index < -0.39 is 0 Å². The zero-order chi connectivity index (χ0) is 11.7. The molecule has 3 nitrogen and oxygen atoms in total. The highest BCUT2D eigenvalue weighted by molar-refractivity contribution is 7.10. The van der Waals surface area contributed by atoms with Gasteiger partial charge in [0.2, 0.25) is 0 Å². The van der Waals surface area contributed by atoms with Gasteiger partial charge in [-0.3, -0.25) is 4.79 Å². The summed E-state index contributed by atoms with van der Waals surface area (Å²) in [6, 6.07) is 3.60. The number of rotatable bonds is 2. The molecule has 2 aromatic rings. The lowest BCUT2D eigenvalue weighted by molar-refractivity contribution is 0.768. The van der Waals surface area contributed by atoms with E-state index in [1.165, 1.54) is 4.88 Å². The molecular weight excluding hydrogens is 220 g/mol. The Labute approximate surface area is 98.2 Å². The normalized spacial score (nSPS) is 11.0. The predicted octanol–water partition coefficient (Wildman–Crippen LogP) is 2.93. The Morgan fingerprint density at radius 2 is 2.12 bits per heavy atom. The van der Waals surface area contributed by atoms with Crippen LogP contribution in [0.4, 0.5) is 0 Å². The molecule has 2 heterocycles. The van der Waals surface area contributed by atoms with Crippen molar-refractivity contribution in [1.29, 1.82) is 0 Å². The molecule has 0 bridgehead atoms. The number of thiophene rings is 1. The van der Waals surface area contributed by atoms with Crippen LogP contribution >= 0.6 is 11.3 Å². The van der Waals surface area contributed by atoms with E-state index in [-0.39, 0.29) is 11.5 Å². The largest absolute Gasteiger partial charge is 0.310 e. The zero-order valence-corrected chi connectivity index (χ0v) is 10.4. The molecule has 0 aromatic carbocycles. The number of nitrogens with zero attached hydrogens (tertiary/aromatic N) is 1. The van der Waals surface area contributed by atoms with Crippen LogP contribution in [0, 0.1) is 6.92 Å². The van der Waals surface area contributed by atoms with E-state index >= 15 is 0 Å². The molecule has 0 saturated carbocycles. The van der Waals surface area contributed by atoms with E-state index in [4.69, 9.17) is 0 Å². The maximum Gasteiger partial charge on any atom is 0.251 e. The molecule has 0 aliphatic carbocycles. The van der Waals surface area contributed by atoms with Crippen LogP contribution in [0.2, 0.25) is 0 Å². The maximum absolute atomic E-state index is 11.5. The highest BCUT2D eigenvalue weighted by Crippen LogP contribution is 2.23. The molecule has 16 heavy (non-hydrogen) atoms. The summed E-state index contributed by atoms with van der Waals surface area (Å²) in [5.41, 5.74) is 1.70. The summed E-state index contributed by atoms with van der Waals surface area (Å²) >= 11 is 1.67. The van der Waals surface area contributed by atoms with E-state index in [0.717, 1.165) is 17.1 Å². The Hall–Kier alpha value is -1.42. The summed E-state index contributed by atoms with van der Waals surface area (Å²) in [4.78, 5) is 20.0. The van der Waals surface area contributed by atoms with Gasteiger partial charge in [-0.1, -0.05) is 13.8 Å². The van der Waals surface area contributed by atoms with E-state index in [1.54, 1.807) is 17.4 Å². The Balaban J connectivity index is 2.53. The molecule has 84 valence electrons. The highest BCUT2D eigenvalue weighted by atomic mass is 32.1. The number of aromatic nitrogens is 2. The first-order chi connectivity index (χ1) is 7.56. The Bertz CT molecular complexity index is 554. The third-order valence-electron chi connectivity index (χ3n) is 2.33. The van der Waals surface area contributed by atoms with Gasteiger partial charge in [0.15, 0.2) is 0 Å². The summed E-state index contributed by atoms with van der Waals surface area (Å²) in [6.07, 6.45) is 0. The van der Waals surface area contributed by atoms with Gasteiger partial charge in [-0.05, 0) is 13.0 Å². The van der Waals surface area contributed by atoms with Crippen molar-refractivity contribution < 1.29 is 0 Å². The molecule has 0 unspecified atom stereocenters. The molecule has 0 amide bonds. The first-order valence-corrected chi connectivity index (χ1v) is 6.11. The van der Waals surface area contributed by atoms with Gasteiger partial charge in [-0.2, -0.15) is 0 Å². The van der Waals surface area contributed by atoms with Crippen molar-refractivity contribution in [3.63, 3.8) is 0 Å². The summed E-state index contributed by atoms with van der Waals surface area (Å²) in [7, 11) is 0. The second-order valence-electron chi connectivity index (χ2n) is 4.12. The molecule has 0 fully saturated rings. The van der Waals surface area contributed by atoms with Gasteiger partial charge in [0.1, 0.15) is 5.82 Å². The molecule has 2 aromatic heterocycles. The molecule has 0 atom stereocenters. The average molecular weight is 234 g/mol. The van der Waals surface area contributed by atoms with Gasteiger partial charge < -0.3 is 4.98 Å². The van der Waals surface area contributed by atoms with Crippen molar-refractivity contribution in [1.82, 2.24) is 9.97 Å².